The molecule has 2 rings (SSSR count). The molecule has 1 saturated carbocycles. The zero-order chi connectivity index (χ0) is 14.7. The lowest BCUT2D eigenvalue weighted by atomic mass is 9.89. The highest BCUT2D eigenvalue weighted by molar-refractivity contribution is 9.09. The number of alkyl halides is 1. The van der Waals surface area contributed by atoms with Crippen LogP contribution in [-0.2, 0) is 0 Å². The van der Waals surface area contributed by atoms with Crippen molar-refractivity contribution in [1.29, 1.82) is 0 Å². The van der Waals surface area contributed by atoms with Crippen molar-refractivity contribution >= 4 is 21.8 Å². The van der Waals surface area contributed by atoms with Crippen LogP contribution in [0.5, 0.6) is 0 Å². The molecule has 0 heterocycles. The maximum absolute atomic E-state index is 13.5. The van der Waals surface area contributed by atoms with Gasteiger partial charge in [-0.2, -0.15) is 0 Å². The van der Waals surface area contributed by atoms with E-state index >= 15 is 0 Å². The minimum Gasteiger partial charge on any atom is -0.352 e. The summed E-state index contributed by atoms with van der Waals surface area (Å²) >= 11 is 3.55. The molecule has 0 aliphatic heterocycles. The first-order valence-electron chi connectivity index (χ1n) is 6.54. The topological polar surface area (TPSA) is 29.1 Å². The van der Waals surface area contributed by atoms with Crippen molar-refractivity contribution in [1.82, 2.24) is 5.32 Å². The Bertz CT molecular complexity index is 509. The van der Waals surface area contributed by atoms with E-state index in [0.29, 0.717) is 17.3 Å². The highest BCUT2D eigenvalue weighted by Gasteiger charge is 2.22. The zero-order valence-electron chi connectivity index (χ0n) is 10.8. The number of amides is 1. The number of benzene rings is 1. The highest BCUT2D eigenvalue weighted by Crippen LogP contribution is 2.28. The molecule has 2 unspecified atom stereocenters. The fraction of sp³-hybridized carbons (Fsp3) is 0.500. The van der Waals surface area contributed by atoms with E-state index in [2.05, 4.69) is 21.2 Å². The molecule has 1 fully saturated rings. The molecule has 1 aromatic carbocycles. The van der Waals surface area contributed by atoms with Gasteiger partial charge in [-0.25, -0.2) is 13.2 Å². The molecule has 0 aromatic heterocycles. The molecule has 0 spiro atoms. The van der Waals surface area contributed by atoms with E-state index in [0.717, 1.165) is 37.8 Å². The molecular weight excluding hydrogens is 335 g/mol. The second-order valence-electron chi connectivity index (χ2n) is 5.06. The molecule has 2 nitrogen and oxygen atoms in total. The zero-order valence-corrected chi connectivity index (χ0v) is 12.4. The Morgan fingerprint density at radius 3 is 2.70 bits per heavy atom. The van der Waals surface area contributed by atoms with Gasteiger partial charge in [0.15, 0.2) is 17.5 Å². The first-order valence-corrected chi connectivity index (χ1v) is 7.46. The lowest BCUT2D eigenvalue weighted by Crippen LogP contribution is -2.32. The summed E-state index contributed by atoms with van der Waals surface area (Å²) in [5, 5.41) is 2.59. The fourth-order valence-electron chi connectivity index (χ4n) is 2.44. The van der Waals surface area contributed by atoms with Crippen LogP contribution in [0, 0.1) is 23.4 Å². The highest BCUT2D eigenvalue weighted by atomic mass is 79.9. The van der Waals surface area contributed by atoms with Crippen LogP contribution in [0.2, 0.25) is 0 Å². The average molecular weight is 350 g/mol. The molecule has 20 heavy (non-hydrogen) atoms. The third-order valence-electron chi connectivity index (χ3n) is 3.55. The Labute approximate surface area is 123 Å². The van der Waals surface area contributed by atoms with Gasteiger partial charge in [0, 0.05) is 11.4 Å². The van der Waals surface area contributed by atoms with Crippen molar-refractivity contribution in [2.75, 3.05) is 6.54 Å². The van der Waals surface area contributed by atoms with Gasteiger partial charge in [0.25, 0.3) is 5.91 Å². The maximum atomic E-state index is 13.5. The van der Waals surface area contributed by atoms with Gasteiger partial charge in [-0.1, -0.05) is 22.4 Å². The molecule has 1 aliphatic rings. The van der Waals surface area contributed by atoms with E-state index in [4.69, 9.17) is 0 Å². The van der Waals surface area contributed by atoms with Gasteiger partial charge in [-0.3, -0.25) is 4.79 Å². The average Bonchev–Trinajstić information content (AvgIpc) is 2.42. The quantitative estimate of drug-likeness (QED) is 0.652. The van der Waals surface area contributed by atoms with E-state index in [1.54, 1.807) is 0 Å². The summed E-state index contributed by atoms with van der Waals surface area (Å²) in [6.07, 6.45) is 4.14. The standard InChI is InChI=1S/C14H15BrF3NO/c15-9-3-1-2-8(6-9)7-19-14(20)10-4-5-11(16)13(18)12(10)17/h4-5,8-9H,1-3,6-7H2,(H,19,20). The van der Waals surface area contributed by atoms with Crippen LogP contribution >= 0.6 is 15.9 Å². The number of hydrogen-bond acceptors (Lipinski definition) is 1. The van der Waals surface area contributed by atoms with Gasteiger partial charge in [0.1, 0.15) is 0 Å². The molecular formula is C14H15BrF3NO. The Kier molecular flexibility index (Phi) is 5.07. The molecule has 0 radical (unpaired) electrons. The maximum Gasteiger partial charge on any atom is 0.254 e. The lowest BCUT2D eigenvalue weighted by molar-refractivity contribution is 0.0938. The van der Waals surface area contributed by atoms with Crippen LogP contribution in [0.25, 0.3) is 0 Å². The van der Waals surface area contributed by atoms with Crippen molar-refractivity contribution in [3.8, 4) is 0 Å². The Morgan fingerprint density at radius 2 is 2.00 bits per heavy atom. The van der Waals surface area contributed by atoms with Crippen LogP contribution < -0.4 is 5.32 Å². The molecule has 1 aromatic rings. The second-order valence-corrected chi connectivity index (χ2v) is 6.36. The van der Waals surface area contributed by atoms with Crippen molar-refractivity contribution in [3.63, 3.8) is 0 Å². The third kappa shape index (κ3) is 3.53. The van der Waals surface area contributed by atoms with E-state index in [9.17, 15) is 18.0 Å². The normalized spacial score (nSPS) is 22.6. The van der Waals surface area contributed by atoms with Crippen molar-refractivity contribution in [3.05, 3.63) is 35.1 Å². The van der Waals surface area contributed by atoms with Gasteiger partial charge in [-0.05, 0) is 37.3 Å². The van der Waals surface area contributed by atoms with Gasteiger partial charge in [-0.15, -0.1) is 0 Å². The third-order valence-corrected chi connectivity index (χ3v) is 4.38. The van der Waals surface area contributed by atoms with Gasteiger partial charge >= 0.3 is 0 Å². The van der Waals surface area contributed by atoms with Gasteiger partial charge in [0.2, 0.25) is 0 Å². The fourth-order valence-corrected chi connectivity index (χ4v) is 3.30. The number of halogens is 4. The summed E-state index contributed by atoms with van der Waals surface area (Å²) < 4.78 is 39.3. The molecule has 0 bridgehead atoms. The molecule has 1 amide bonds. The summed E-state index contributed by atoms with van der Waals surface area (Å²) in [6.45, 7) is 0.416. The predicted molar refractivity (Wildman–Crippen MR) is 73.3 cm³/mol. The molecule has 0 saturated heterocycles. The first kappa shape index (κ1) is 15.4. The van der Waals surface area contributed by atoms with Gasteiger partial charge in [0.05, 0.1) is 5.56 Å². The largest absolute Gasteiger partial charge is 0.352 e. The van der Waals surface area contributed by atoms with E-state index < -0.39 is 28.9 Å². The monoisotopic (exact) mass is 349 g/mol. The summed E-state index contributed by atoms with van der Waals surface area (Å²) in [4.78, 5) is 12.2. The van der Waals surface area contributed by atoms with Crippen LogP contribution in [0.15, 0.2) is 12.1 Å². The molecule has 1 aliphatic carbocycles. The number of carbonyl (C=O) groups excluding carboxylic acids is 1. The number of rotatable bonds is 3. The summed E-state index contributed by atoms with van der Waals surface area (Å²) in [5.74, 6) is -4.74. The minimum absolute atomic E-state index is 0.324. The lowest BCUT2D eigenvalue weighted by Gasteiger charge is -2.25. The van der Waals surface area contributed by atoms with Crippen LogP contribution in [-0.4, -0.2) is 17.3 Å². The summed E-state index contributed by atoms with van der Waals surface area (Å²) in [5.41, 5.74) is -0.463. The number of nitrogens with one attached hydrogen (secondary N) is 1. The van der Waals surface area contributed by atoms with Crippen LogP contribution in [0.3, 0.4) is 0 Å². The smallest absolute Gasteiger partial charge is 0.254 e. The van der Waals surface area contributed by atoms with E-state index in [1.165, 1.54) is 0 Å². The number of carbonyl (C=O) groups is 1. The minimum atomic E-state index is -1.61. The predicted octanol–water partition coefficient (Wildman–Crippen LogP) is 3.79. The number of hydrogen-bond donors (Lipinski definition) is 1. The molecule has 110 valence electrons. The first-order chi connectivity index (χ1) is 9.49. The van der Waals surface area contributed by atoms with E-state index in [-0.39, 0.29) is 0 Å². The van der Waals surface area contributed by atoms with E-state index in [1.807, 2.05) is 0 Å². The molecule has 6 heteroatoms. The van der Waals surface area contributed by atoms with Crippen molar-refractivity contribution < 1.29 is 18.0 Å². The molecule has 2 atom stereocenters. The SMILES string of the molecule is O=C(NCC1CCCC(Br)C1)c1ccc(F)c(F)c1F. The Hall–Kier alpha value is -1.04. The summed E-state index contributed by atoms with van der Waals surface area (Å²) in [6, 6.07) is 1.71. The van der Waals surface area contributed by atoms with Crippen LogP contribution in [0.4, 0.5) is 13.2 Å². The van der Waals surface area contributed by atoms with Gasteiger partial charge < -0.3 is 5.32 Å². The Morgan fingerprint density at radius 1 is 1.25 bits per heavy atom. The summed E-state index contributed by atoms with van der Waals surface area (Å²) in [7, 11) is 0. The van der Waals surface area contributed by atoms with Crippen LogP contribution in [0.1, 0.15) is 36.0 Å². The second kappa shape index (κ2) is 6.61. The molecule has 1 N–H and O–H groups in total. The van der Waals surface area contributed by atoms with Crippen molar-refractivity contribution in [2.45, 2.75) is 30.5 Å². The Balaban J connectivity index is 1.97. The van der Waals surface area contributed by atoms with Crippen molar-refractivity contribution in [2.24, 2.45) is 5.92 Å².